The number of aryl methyl sites for hydroxylation is 1. The highest BCUT2D eigenvalue weighted by Gasteiger charge is 2.45. The minimum atomic E-state index is -0.647. The molecule has 1 amide bonds. The summed E-state index contributed by atoms with van der Waals surface area (Å²) in [5.74, 6) is -0.627. The molecule has 0 aromatic heterocycles. The van der Waals surface area contributed by atoms with Crippen LogP contribution in [0.1, 0.15) is 42.5 Å². The number of rotatable bonds is 9. The Morgan fingerprint density at radius 2 is 1.83 bits per heavy atom. The molecule has 2 aliphatic rings. The second-order valence-corrected chi connectivity index (χ2v) is 9.04. The van der Waals surface area contributed by atoms with Crippen molar-refractivity contribution >= 4 is 17.4 Å². The Morgan fingerprint density at radius 1 is 1.09 bits per heavy atom. The number of hydrogen-bond acceptors (Lipinski definition) is 6. The van der Waals surface area contributed by atoms with Gasteiger partial charge in [-0.2, -0.15) is 0 Å². The van der Waals surface area contributed by atoms with Crippen LogP contribution >= 0.6 is 0 Å². The Kier molecular flexibility index (Phi) is 8.21. The van der Waals surface area contributed by atoms with E-state index in [0.29, 0.717) is 18.7 Å². The van der Waals surface area contributed by atoms with Crippen LogP contribution in [0.4, 0.5) is 0 Å². The minimum absolute atomic E-state index is 0.134. The number of ketones is 1. The fraction of sp³-hybridized carbons (Fsp3) is 0.429. The molecule has 0 aliphatic carbocycles. The van der Waals surface area contributed by atoms with Crippen LogP contribution < -0.4 is 4.74 Å². The van der Waals surface area contributed by atoms with Gasteiger partial charge in [0.25, 0.3) is 11.7 Å². The molecule has 35 heavy (non-hydrogen) atoms. The largest absolute Gasteiger partial charge is 0.507 e. The van der Waals surface area contributed by atoms with Crippen molar-refractivity contribution in [3.8, 4) is 5.75 Å². The number of Topliss-reactive ketones (excluding diaryl/α,β-unsaturated/α-hetero) is 1. The second-order valence-electron chi connectivity index (χ2n) is 9.04. The highest BCUT2D eigenvalue weighted by molar-refractivity contribution is 6.46. The Labute approximate surface area is 206 Å². The van der Waals surface area contributed by atoms with Gasteiger partial charge >= 0.3 is 0 Å². The lowest BCUT2D eigenvalue weighted by Gasteiger charge is -2.29. The zero-order valence-corrected chi connectivity index (χ0v) is 20.5. The van der Waals surface area contributed by atoms with Crippen molar-refractivity contribution < 1.29 is 24.2 Å². The number of benzene rings is 2. The first-order chi connectivity index (χ1) is 17.0. The lowest BCUT2D eigenvalue weighted by Crippen LogP contribution is -2.38. The van der Waals surface area contributed by atoms with Crippen molar-refractivity contribution in [1.29, 1.82) is 0 Å². The van der Waals surface area contributed by atoms with Gasteiger partial charge in [-0.05, 0) is 49.1 Å². The van der Waals surface area contributed by atoms with Crippen LogP contribution in [0.15, 0.2) is 54.1 Å². The molecule has 2 fully saturated rings. The lowest BCUT2D eigenvalue weighted by molar-refractivity contribution is -0.140. The van der Waals surface area contributed by atoms with E-state index in [0.717, 1.165) is 62.6 Å². The Balaban J connectivity index is 1.64. The van der Waals surface area contributed by atoms with E-state index < -0.39 is 17.7 Å². The number of likely N-dealkylation sites (tertiary alicyclic amines) is 1. The zero-order valence-electron chi connectivity index (χ0n) is 20.5. The van der Waals surface area contributed by atoms with Crippen molar-refractivity contribution in [3.05, 3.63) is 70.8 Å². The first-order valence-corrected chi connectivity index (χ1v) is 12.4. The van der Waals surface area contributed by atoms with E-state index in [1.54, 1.807) is 23.1 Å². The highest BCUT2D eigenvalue weighted by atomic mass is 16.5. The van der Waals surface area contributed by atoms with Gasteiger partial charge in [0.15, 0.2) is 0 Å². The smallest absolute Gasteiger partial charge is 0.295 e. The topological polar surface area (TPSA) is 79.3 Å². The molecule has 0 bridgehead atoms. The average Bonchev–Trinajstić information content (AvgIpc) is 3.13. The van der Waals surface area contributed by atoms with Gasteiger partial charge in [-0.25, -0.2) is 0 Å². The maximum Gasteiger partial charge on any atom is 0.295 e. The number of aliphatic hydroxyl groups excluding tert-OH is 1. The average molecular weight is 479 g/mol. The van der Waals surface area contributed by atoms with Crippen molar-refractivity contribution in [1.82, 2.24) is 9.80 Å². The van der Waals surface area contributed by atoms with E-state index in [9.17, 15) is 14.7 Å². The third kappa shape index (κ3) is 5.57. The van der Waals surface area contributed by atoms with Crippen LogP contribution in [0.25, 0.3) is 5.76 Å². The molecule has 2 aromatic carbocycles. The van der Waals surface area contributed by atoms with Crippen molar-refractivity contribution in [2.24, 2.45) is 0 Å². The third-order valence-electron chi connectivity index (χ3n) is 6.54. The molecule has 0 saturated carbocycles. The molecule has 1 atom stereocenters. The van der Waals surface area contributed by atoms with E-state index in [4.69, 9.17) is 9.47 Å². The lowest BCUT2D eigenvalue weighted by atomic mass is 9.95. The normalized spacial score (nSPS) is 20.4. The van der Waals surface area contributed by atoms with Gasteiger partial charge in [-0.1, -0.05) is 37.3 Å². The van der Waals surface area contributed by atoms with Gasteiger partial charge in [0, 0.05) is 31.7 Å². The van der Waals surface area contributed by atoms with Crippen LogP contribution in [-0.2, 0) is 14.3 Å². The molecule has 0 radical (unpaired) electrons. The summed E-state index contributed by atoms with van der Waals surface area (Å²) in [6.45, 7) is 8.99. The predicted molar refractivity (Wildman–Crippen MR) is 134 cm³/mol. The van der Waals surface area contributed by atoms with Crippen LogP contribution in [-0.4, -0.2) is 72.6 Å². The summed E-state index contributed by atoms with van der Waals surface area (Å²) in [4.78, 5) is 30.3. The molecule has 1 unspecified atom stereocenters. The summed E-state index contributed by atoms with van der Waals surface area (Å²) >= 11 is 0. The monoisotopic (exact) mass is 478 g/mol. The summed E-state index contributed by atoms with van der Waals surface area (Å²) < 4.78 is 11.2. The SMILES string of the molecule is CCCOc1ccc(/C(O)=C2/C(=O)C(=O)N(CCCN3CCOCC3)C2c2ccccc2)cc1C. The summed E-state index contributed by atoms with van der Waals surface area (Å²) in [5.41, 5.74) is 2.30. The van der Waals surface area contributed by atoms with E-state index in [1.165, 1.54) is 0 Å². The fourth-order valence-electron chi connectivity index (χ4n) is 4.71. The molecule has 2 aliphatic heterocycles. The van der Waals surface area contributed by atoms with E-state index in [-0.39, 0.29) is 11.3 Å². The first kappa shape index (κ1) is 24.9. The summed E-state index contributed by atoms with van der Waals surface area (Å²) in [5, 5.41) is 11.3. The molecule has 4 rings (SSSR count). The zero-order chi connectivity index (χ0) is 24.8. The number of hydrogen-bond donors (Lipinski definition) is 1. The number of carbonyl (C=O) groups is 2. The van der Waals surface area contributed by atoms with Crippen molar-refractivity contribution in [2.45, 2.75) is 32.7 Å². The molecule has 1 N–H and O–H groups in total. The molecular formula is C28H34N2O5. The Hall–Kier alpha value is -3.16. The van der Waals surface area contributed by atoms with E-state index in [2.05, 4.69) is 4.90 Å². The van der Waals surface area contributed by atoms with Crippen molar-refractivity contribution in [2.75, 3.05) is 46.0 Å². The van der Waals surface area contributed by atoms with E-state index >= 15 is 0 Å². The number of amides is 1. The quantitative estimate of drug-likeness (QED) is 0.334. The molecule has 2 heterocycles. The van der Waals surface area contributed by atoms with Gasteiger partial charge in [-0.15, -0.1) is 0 Å². The van der Waals surface area contributed by atoms with Crippen LogP contribution in [0.3, 0.4) is 0 Å². The molecule has 186 valence electrons. The summed E-state index contributed by atoms with van der Waals surface area (Å²) in [6, 6.07) is 14.2. The maximum atomic E-state index is 13.2. The molecule has 2 aromatic rings. The molecule has 2 saturated heterocycles. The van der Waals surface area contributed by atoms with Crippen LogP contribution in [0.5, 0.6) is 5.75 Å². The fourth-order valence-corrected chi connectivity index (χ4v) is 4.71. The number of ether oxygens (including phenoxy) is 2. The first-order valence-electron chi connectivity index (χ1n) is 12.4. The highest BCUT2D eigenvalue weighted by Crippen LogP contribution is 2.39. The van der Waals surface area contributed by atoms with Gasteiger partial charge in [0.05, 0.1) is 31.4 Å². The molecule has 0 spiro atoms. The number of carbonyl (C=O) groups excluding carboxylic acids is 2. The van der Waals surface area contributed by atoms with Gasteiger partial charge in [0.2, 0.25) is 0 Å². The second kappa shape index (κ2) is 11.5. The standard InChI is InChI=1S/C28H34N2O5/c1-3-16-35-23-11-10-22(19-20(23)2)26(31)24-25(21-8-5-4-6-9-21)30(28(33)27(24)32)13-7-12-29-14-17-34-18-15-29/h4-6,8-11,19,25,31H,3,7,12-18H2,1-2H3/b26-24-. The van der Waals surface area contributed by atoms with Gasteiger partial charge in [-0.3, -0.25) is 14.5 Å². The minimum Gasteiger partial charge on any atom is -0.507 e. The Bertz CT molecular complexity index is 1080. The molecule has 7 nitrogen and oxygen atoms in total. The maximum absolute atomic E-state index is 13.2. The van der Waals surface area contributed by atoms with Crippen molar-refractivity contribution in [3.63, 3.8) is 0 Å². The number of morpholine rings is 1. The summed E-state index contributed by atoms with van der Waals surface area (Å²) in [6.07, 6.45) is 1.63. The predicted octanol–water partition coefficient (Wildman–Crippen LogP) is 3.93. The third-order valence-corrected chi connectivity index (χ3v) is 6.54. The van der Waals surface area contributed by atoms with Gasteiger partial charge in [0.1, 0.15) is 11.5 Å². The van der Waals surface area contributed by atoms with E-state index in [1.807, 2.05) is 44.2 Å². The molecule has 7 heteroatoms. The Morgan fingerprint density at radius 3 is 2.51 bits per heavy atom. The number of nitrogens with zero attached hydrogens (tertiary/aromatic N) is 2. The summed E-state index contributed by atoms with van der Waals surface area (Å²) in [7, 11) is 0. The number of aliphatic hydroxyl groups is 1. The van der Waals surface area contributed by atoms with Gasteiger partial charge < -0.3 is 19.5 Å². The molecular weight excluding hydrogens is 444 g/mol. The van der Waals surface area contributed by atoms with Crippen LogP contribution in [0.2, 0.25) is 0 Å². The van der Waals surface area contributed by atoms with Crippen LogP contribution in [0, 0.1) is 6.92 Å².